The van der Waals surface area contributed by atoms with Crippen LogP contribution >= 0.6 is 0 Å². The van der Waals surface area contributed by atoms with E-state index in [2.05, 4.69) is 5.10 Å². The number of para-hydroxylation sites is 1. The number of nitrogens with two attached hydrogens (primary N) is 1. The second-order valence-corrected chi connectivity index (χ2v) is 3.03. The second-order valence-electron chi connectivity index (χ2n) is 3.03. The van der Waals surface area contributed by atoms with Gasteiger partial charge in [0.15, 0.2) is 11.6 Å². The Labute approximate surface area is 81.0 Å². The molecule has 0 spiro atoms. The highest BCUT2D eigenvalue weighted by Gasteiger charge is 2.12. The van der Waals surface area contributed by atoms with Gasteiger partial charge in [-0.05, 0) is 19.1 Å². The van der Waals surface area contributed by atoms with Crippen LogP contribution in [0.25, 0.3) is 5.69 Å². The molecule has 14 heavy (non-hydrogen) atoms. The Hall–Kier alpha value is -1.84. The molecule has 1 heterocycles. The highest BCUT2D eigenvalue weighted by Crippen LogP contribution is 2.18. The van der Waals surface area contributed by atoms with Crippen molar-refractivity contribution in [2.24, 2.45) is 0 Å². The van der Waals surface area contributed by atoms with E-state index in [1.54, 1.807) is 6.92 Å². The maximum atomic E-state index is 13.2. The van der Waals surface area contributed by atoms with E-state index in [9.17, 15) is 4.39 Å². The summed E-state index contributed by atoms with van der Waals surface area (Å²) in [5.41, 5.74) is 6.63. The molecular weight excluding hydrogens is 181 g/mol. The lowest BCUT2D eigenvalue weighted by Gasteiger charge is -2.01. The van der Waals surface area contributed by atoms with Gasteiger partial charge in [-0.25, -0.2) is 9.07 Å². The zero-order chi connectivity index (χ0) is 10.1. The molecule has 1 aromatic carbocycles. The predicted octanol–water partition coefficient (Wildman–Crippen LogP) is 1.90. The fraction of sp³-hybridized carbons (Fsp3) is 0.100. The molecule has 0 fully saturated rings. The van der Waals surface area contributed by atoms with Gasteiger partial charge in [-0.2, -0.15) is 5.10 Å². The number of aryl methyl sites for hydroxylation is 1. The van der Waals surface area contributed by atoms with E-state index in [-0.39, 0.29) is 5.82 Å². The first-order valence-electron chi connectivity index (χ1n) is 4.26. The minimum absolute atomic E-state index is 0.0497. The number of halogens is 1. The molecule has 72 valence electrons. The average Bonchev–Trinajstić information content (AvgIpc) is 2.47. The molecule has 0 atom stereocenters. The van der Waals surface area contributed by atoms with Crippen LogP contribution in [0.4, 0.5) is 10.2 Å². The minimum atomic E-state index is -0.450. The van der Waals surface area contributed by atoms with Crippen molar-refractivity contribution in [3.63, 3.8) is 0 Å². The molecule has 4 heteroatoms. The van der Waals surface area contributed by atoms with Gasteiger partial charge in [-0.15, -0.1) is 0 Å². The first-order valence-corrected chi connectivity index (χ1v) is 4.26. The van der Waals surface area contributed by atoms with Gasteiger partial charge in [-0.1, -0.05) is 18.2 Å². The van der Waals surface area contributed by atoms with Crippen molar-refractivity contribution in [1.29, 1.82) is 0 Å². The van der Waals surface area contributed by atoms with Gasteiger partial charge in [0.2, 0.25) is 0 Å². The van der Waals surface area contributed by atoms with Gasteiger partial charge in [0.05, 0.1) is 11.4 Å². The van der Waals surface area contributed by atoms with E-state index in [4.69, 9.17) is 5.73 Å². The average molecular weight is 191 g/mol. The first kappa shape index (κ1) is 8.74. The summed E-state index contributed by atoms with van der Waals surface area (Å²) < 4.78 is 14.6. The SMILES string of the molecule is Cc1nn(-c2ccccc2)c(N)c1F. The van der Waals surface area contributed by atoms with Crippen LogP contribution in [0.1, 0.15) is 5.69 Å². The molecule has 0 aliphatic rings. The van der Waals surface area contributed by atoms with Crippen LogP contribution in [0.15, 0.2) is 30.3 Å². The summed E-state index contributed by atoms with van der Waals surface area (Å²) >= 11 is 0. The molecule has 0 bridgehead atoms. The summed E-state index contributed by atoms with van der Waals surface area (Å²) in [6, 6.07) is 9.23. The van der Waals surface area contributed by atoms with Crippen molar-refractivity contribution in [3.05, 3.63) is 41.8 Å². The summed E-state index contributed by atoms with van der Waals surface area (Å²) in [4.78, 5) is 0. The smallest absolute Gasteiger partial charge is 0.188 e. The third kappa shape index (κ3) is 1.25. The number of anilines is 1. The fourth-order valence-electron chi connectivity index (χ4n) is 1.29. The molecule has 2 aromatic rings. The molecule has 0 aliphatic carbocycles. The van der Waals surface area contributed by atoms with Gasteiger partial charge in [-0.3, -0.25) is 0 Å². The van der Waals surface area contributed by atoms with Crippen LogP contribution in [0.2, 0.25) is 0 Å². The van der Waals surface area contributed by atoms with E-state index < -0.39 is 5.82 Å². The highest BCUT2D eigenvalue weighted by molar-refractivity contribution is 5.43. The van der Waals surface area contributed by atoms with Crippen LogP contribution in [0.3, 0.4) is 0 Å². The number of benzene rings is 1. The van der Waals surface area contributed by atoms with E-state index in [1.807, 2.05) is 30.3 Å². The highest BCUT2D eigenvalue weighted by atomic mass is 19.1. The van der Waals surface area contributed by atoms with Gasteiger partial charge in [0.1, 0.15) is 0 Å². The Morgan fingerprint density at radius 1 is 1.29 bits per heavy atom. The number of hydrogen-bond donors (Lipinski definition) is 1. The van der Waals surface area contributed by atoms with Crippen LogP contribution in [0.5, 0.6) is 0 Å². The Balaban J connectivity index is 2.58. The van der Waals surface area contributed by atoms with Gasteiger partial charge < -0.3 is 5.73 Å². The first-order chi connectivity index (χ1) is 6.70. The molecule has 3 nitrogen and oxygen atoms in total. The lowest BCUT2D eigenvalue weighted by molar-refractivity contribution is 0.623. The summed E-state index contributed by atoms with van der Waals surface area (Å²) in [7, 11) is 0. The van der Waals surface area contributed by atoms with Crippen molar-refractivity contribution in [2.45, 2.75) is 6.92 Å². The Morgan fingerprint density at radius 3 is 2.43 bits per heavy atom. The van der Waals surface area contributed by atoms with Crippen molar-refractivity contribution in [3.8, 4) is 5.69 Å². The molecule has 0 radical (unpaired) electrons. The van der Waals surface area contributed by atoms with Crippen molar-refractivity contribution in [1.82, 2.24) is 9.78 Å². The molecule has 0 saturated carbocycles. The van der Waals surface area contributed by atoms with Crippen LogP contribution in [0, 0.1) is 12.7 Å². The van der Waals surface area contributed by atoms with Gasteiger partial charge in [0, 0.05) is 0 Å². The van der Waals surface area contributed by atoms with Crippen molar-refractivity contribution < 1.29 is 4.39 Å². The Bertz CT molecular complexity index is 448. The maximum absolute atomic E-state index is 13.2. The largest absolute Gasteiger partial charge is 0.381 e. The maximum Gasteiger partial charge on any atom is 0.188 e. The number of nitrogen functional groups attached to an aromatic ring is 1. The van der Waals surface area contributed by atoms with E-state index >= 15 is 0 Å². The van der Waals surface area contributed by atoms with E-state index in [0.717, 1.165) is 5.69 Å². The fourth-order valence-corrected chi connectivity index (χ4v) is 1.29. The van der Waals surface area contributed by atoms with Crippen LogP contribution in [-0.4, -0.2) is 9.78 Å². The van der Waals surface area contributed by atoms with Gasteiger partial charge >= 0.3 is 0 Å². The monoisotopic (exact) mass is 191 g/mol. The number of hydrogen-bond acceptors (Lipinski definition) is 2. The molecule has 0 saturated heterocycles. The summed E-state index contributed by atoms with van der Waals surface area (Å²) in [6.07, 6.45) is 0. The zero-order valence-corrected chi connectivity index (χ0v) is 7.74. The zero-order valence-electron chi connectivity index (χ0n) is 7.74. The number of nitrogens with zero attached hydrogens (tertiary/aromatic N) is 2. The molecule has 0 amide bonds. The molecule has 2 rings (SSSR count). The van der Waals surface area contributed by atoms with Crippen LogP contribution < -0.4 is 5.73 Å². The molecular formula is C10H10FN3. The topological polar surface area (TPSA) is 43.8 Å². The van der Waals surface area contributed by atoms with E-state index in [1.165, 1.54) is 4.68 Å². The summed E-state index contributed by atoms with van der Waals surface area (Å²) in [5, 5.41) is 4.00. The molecule has 2 N–H and O–H groups in total. The Morgan fingerprint density at radius 2 is 1.93 bits per heavy atom. The summed E-state index contributed by atoms with van der Waals surface area (Å²) in [6.45, 7) is 1.59. The normalized spacial score (nSPS) is 10.4. The second kappa shape index (κ2) is 3.14. The van der Waals surface area contributed by atoms with Crippen molar-refractivity contribution >= 4 is 5.82 Å². The minimum Gasteiger partial charge on any atom is -0.381 e. The quantitative estimate of drug-likeness (QED) is 0.748. The Kier molecular flexibility index (Phi) is 1.96. The lowest BCUT2D eigenvalue weighted by Crippen LogP contribution is -2.01. The lowest BCUT2D eigenvalue weighted by atomic mass is 10.3. The predicted molar refractivity (Wildman–Crippen MR) is 52.7 cm³/mol. The molecule has 0 aliphatic heterocycles. The third-order valence-electron chi connectivity index (χ3n) is 2.02. The van der Waals surface area contributed by atoms with Crippen LogP contribution in [-0.2, 0) is 0 Å². The summed E-state index contributed by atoms with van der Waals surface area (Å²) in [5.74, 6) is -0.400. The molecule has 0 unspecified atom stereocenters. The number of aromatic nitrogens is 2. The third-order valence-corrected chi connectivity index (χ3v) is 2.02. The standard InChI is InChI=1S/C10H10FN3/c1-7-9(11)10(12)14(13-7)8-5-3-2-4-6-8/h2-6H,12H2,1H3. The van der Waals surface area contributed by atoms with Gasteiger partial charge in [0.25, 0.3) is 0 Å². The number of rotatable bonds is 1. The molecule has 1 aromatic heterocycles. The van der Waals surface area contributed by atoms with E-state index in [0.29, 0.717) is 5.69 Å². The van der Waals surface area contributed by atoms with Crippen molar-refractivity contribution in [2.75, 3.05) is 5.73 Å².